The number of rotatable bonds is 5. The molecule has 0 saturated heterocycles. The number of aromatic nitrogens is 2. The number of benzene rings is 1. The Balaban J connectivity index is 2.48. The maximum atomic E-state index is 5.41. The third-order valence-corrected chi connectivity index (χ3v) is 2.87. The predicted octanol–water partition coefficient (Wildman–Crippen LogP) is 2.30. The first-order chi connectivity index (χ1) is 8.80. The second-order valence-corrected chi connectivity index (χ2v) is 4.07. The van der Waals surface area contributed by atoms with Gasteiger partial charge in [-0.2, -0.15) is 5.10 Å². The first-order valence-corrected chi connectivity index (χ1v) is 6.14. The Labute approximate surface area is 108 Å². The summed E-state index contributed by atoms with van der Waals surface area (Å²) in [5, 5.41) is 7.69. The molecule has 4 heteroatoms. The van der Waals surface area contributed by atoms with Gasteiger partial charge in [-0.15, -0.1) is 0 Å². The maximum Gasteiger partial charge on any atom is 0.128 e. The Morgan fingerprint density at radius 2 is 2.11 bits per heavy atom. The van der Waals surface area contributed by atoms with E-state index in [4.69, 9.17) is 4.74 Å². The van der Waals surface area contributed by atoms with E-state index >= 15 is 0 Å². The van der Waals surface area contributed by atoms with Gasteiger partial charge in [-0.05, 0) is 32.2 Å². The largest absolute Gasteiger partial charge is 0.496 e. The summed E-state index contributed by atoms with van der Waals surface area (Å²) >= 11 is 0. The van der Waals surface area contributed by atoms with Crippen LogP contribution >= 0.6 is 0 Å². The van der Waals surface area contributed by atoms with Crippen molar-refractivity contribution in [3.05, 3.63) is 36.0 Å². The third kappa shape index (κ3) is 2.38. The molecule has 0 amide bonds. The van der Waals surface area contributed by atoms with Crippen molar-refractivity contribution in [2.75, 3.05) is 14.2 Å². The Bertz CT molecular complexity index is 520. The second kappa shape index (κ2) is 5.69. The van der Waals surface area contributed by atoms with Crippen molar-refractivity contribution < 1.29 is 4.74 Å². The van der Waals surface area contributed by atoms with Crippen molar-refractivity contribution in [2.24, 2.45) is 0 Å². The van der Waals surface area contributed by atoms with Crippen LogP contribution in [0.1, 0.15) is 12.6 Å². The molecule has 0 fully saturated rings. The van der Waals surface area contributed by atoms with Crippen LogP contribution in [0.2, 0.25) is 0 Å². The summed E-state index contributed by atoms with van der Waals surface area (Å²) in [6.07, 6.45) is 0. The highest BCUT2D eigenvalue weighted by Gasteiger charge is 2.12. The Morgan fingerprint density at radius 1 is 1.33 bits per heavy atom. The number of ether oxygens (including phenoxy) is 1. The standard InChI is InChI=1S/C14H19N3O/c1-4-17-13(9-11(16-17)10-15-2)12-7-5-6-8-14(12)18-3/h5-9,15H,4,10H2,1-3H3. The van der Waals surface area contributed by atoms with Crippen LogP contribution < -0.4 is 10.1 Å². The SMILES string of the molecule is CCn1nc(CNC)cc1-c1ccccc1OC. The molecular formula is C14H19N3O. The van der Waals surface area contributed by atoms with Crippen molar-refractivity contribution in [1.82, 2.24) is 15.1 Å². The molecule has 0 radical (unpaired) electrons. The number of nitrogens with zero attached hydrogens (tertiary/aromatic N) is 2. The van der Waals surface area contributed by atoms with E-state index in [-0.39, 0.29) is 0 Å². The highest BCUT2D eigenvalue weighted by atomic mass is 16.5. The van der Waals surface area contributed by atoms with Gasteiger partial charge in [0.05, 0.1) is 18.5 Å². The predicted molar refractivity (Wildman–Crippen MR) is 72.7 cm³/mol. The zero-order chi connectivity index (χ0) is 13.0. The number of hydrogen-bond donors (Lipinski definition) is 1. The molecule has 0 aliphatic rings. The monoisotopic (exact) mass is 245 g/mol. The molecule has 0 bridgehead atoms. The molecular weight excluding hydrogens is 226 g/mol. The molecule has 1 N–H and O–H groups in total. The summed E-state index contributed by atoms with van der Waals surface area (Å²) in [4.78, 5) is 0. The van der Waals surface area contributed by atoms with Gasteiger partial charge >= 0.3 is 0 Å². The van der Waals surface area contributed by atoms with Crippen molar-refractivity contribution >= 4 is 0 Å². The zero-order valence-electron chi connectivity index (χ0n) is 11.1. The number of nitrogens with one attached hydrogen (secondary N) is 1. The van der Waals surface area contributed by atoms with Crippen LogP contribution in [0.5, 0.6) is 5.75 Å². The van der Waals surface area contributed by atoms with Gasteiger partial charge in [0.25, 0.3) is 0 Å². The van der Waals surface area contributed by atoms with Crippen molar-refractivity contribution in [3.8, 4) is 17.0 Å². The smallest absolute Gasteiger partial charge is 0.128 e. The molecule has 18 heavy (non-hydrogen) atoms. The highest BCUT2D eigenvalue weighted by molar-refractivity contribution is 5.67. The van der Waals surface area contributed by atoms with E-state index in [2.05, 4.69) is 29.5 Å². The Hall–Kier alpha value is -1.81. The maximum absolute atomic E-state index is 5.41. The van der Waals surface area contributed by atoms with Crippen LogP contribution in [0, 0.1) is 0 Å². The van der Waals surface area contributed by atoms with Crippen LogP contribution in [0.25, 0.3) is 11.3 Å². The van der Waals surface area contributed by atoms with Gasteiger partial charge < -0.3 is 10.1 Å². The molecule has 4 nitrogen and oxygen atoms in total. The molecule has 2 aromatic rings. The number of para-hydroxylation sites is 1. The Kier molecular flexibility index (Phi) is 3.99. The van der Waals surface area contributed by atoms with Crippen LogP contribution in [-0.4, -0.2) is 23.9 Å². The normalized spacial score (nSPS) is 10.6. The van der Waals surface area contributed by atoms with Gasteiger partial charge in [-0.25, -0.2) is 0 Å². The van der Waals surface area contributed by atoms with E-state index in [9.17, 15) is 0 Å². The molecule has 0 unspecified atom stereocenters. The third-order valence-electron chi connectivity index (χ3n) is 2.87. The van der Waals surface area contributed by atoms with E-state index in [0.717, 1.165) is 35.8 Å². The average molecular weight is 245 g/mol. The summed E-state index contributed by atoms with van der Waals surface area (Å²) in [6.45, 7) is 3.71. The zero-order valence-corrected chi connectivity index (χ0v) is 11.1. The lowest BCUT2D eigenvalue weighted by Crippen LogP contribution is -2.06. The number of aryl methyl sites for hydroxylation is 1. The lowest BCUT2D eigenvalue weighted by molar-refractivity contribution is 0.416. The topological polar surface area (TPSA) is 39.1 Å². The highest BCUT2D eigenvalue weighted by Crippen LogP contribution is 2.30. The second-order valence-electron chi connectivity index (χ2n) is 4.07. The van der Waals surface area contributed by atoms with E-state index < -0.39 is 0 Å². The van der Waals surface area contributed by atoms with Gasteiger partial charge in [0.1, 0.15) is 5.75 Å². The minimum atomic E-state index is 0.773. The van der Waals surface area contributed by atoms with E-state index in [1.807, 2.05) is 29.9 Å². The van der Waals surface area contributed by atoms with Crippen molar-refractivity contribution in [3.63, 3.8) is 0 Å². The van der Waals surface area contributed by atoms with E-state index in [1.54, 1.807) is 7.11 Å². The summed E-state index contributed by atoms with van der Waals surface area (Å²) < 4.78 is 7.42. The van der Waals surface area contributed by atoms with Gasteiger partial charge in [0.2, 0.25) is 0 Å². The fraction of sp³-hybridized carbons (Fsp3) is 0.357. The molecule has 0 saturated carbocycles. The van der Waals surface area contributed by atoms with Crippen molar-refractivity contribution in [2.45, 2.75) is 20.0 Å². The fourth-order valence-electron chi connectivity index (χ4n) is 2.05. The molecule has 2 rings (SSSR count). The Morgan fingerprint density at radius 3 is 2.78 bits per heavy atom. The number of hydrogen-bond acceptors (Lipinski definition) is 3. The minimum Gasteiger partial charge on any atom is -0.496 e. The molecule has 0 aliphatic carbocycles. The molecule has 96 valence electrons. The summed E-state index contributed by atoms with van der Waals surface area (Å²) in [5.74, 6) is 0.878. The molecule has 0 spiro atoms. The van der Waals surface area contributed by atoms with Crippen molar-refractivity contribution in [1.29, 1.82) is 0 Å². The molecule has 0 atom stereocenters. The average Bonchev–Trinajstić information content (AvgIpc) is 2.82. The lowest BCUT2D eigenvalue weighted by atomic mass is 10.1. The van der Waals surface area contributed by atoms with Gasteiger partial charge in [-0.3, -0.25) is 4.68 Å². The first-order valence-electron chi connectivity index (χ1n) is 6.14. The number of methoxy groups -OCH3 is 1. The quantitative estimate of drug-likeness (QED) is 0.878. The first kappa shape index (κ1) is 12.6. The summed E-state index contributed by atoms with van der Waals surface area (Å²) in [6, 6.07) is 10.1. The van der Waals surface area contributed by atoms with Gasteiger partial charge in [0.15, 0.2) is 0 Å². The van der Waals surface area contributed by atoms with Crippen LogP contribution in [-0.2, 0) is 13.1 Å². The van der Waals surface area contributed by atoms with E-state index in [1.165, 1.54) is 0 Å². The molecule has 1 aromatic carbocycles. The van der Waals surface area contributed by atoms with Crippen LogP contribution in [0.15, 0.2) is 30.3 Å². The molecule has 1 heterocycles. The summed E-state index contributed by atoms with van der Waals surface area (Å²) in [5.41, 5.74) is 3.22. The minimum absolute atomic E-state index is 0.773. The van der Waals surface area contributed by atoms with Crippen LogP contribution in [0.3, 0.4) is 0 Å². The van der Waals surface area contributed by atoms with Crippen LogP contribution in [0.4, 0.5) is 0 Å². The fourth-order valence-corrected chi connectivity index (χ4v) is 2.05. The van der Waals surface area contributed by atoms with Gasteiger partial charge in [-0.1, -0.05) is 12.1 Å². The van der Waals surface area contributed by atoms with E-state index in [0.29, 0.717) is 0 Å². The van der Waals surface area contributed by atoms with Gasteiger partial charge in [0, 0.05) is 18.7 Å². The molecule has 0 aliphatic heterocycles. The molecule has 1 aromatic heterocycles. The lowest BCUT2D eigenvalue weighted by Gasteiger charge is -2.09. The summed E-state index contributed by atoms with van der Waals surface area (Å²) in [7, 11) is 3.62.